The number of carbonyl (C=O) groups excluding carboxylic acids is 1. The SMILES string of the molecule is C=C/C(c1ccc(F)cc1F)=c1/oc(CNC(=O)/C=C/c2ccc(N)nc2)c/c1=C/Cc1ccc(C=S)cc1. The number of aromatic nitrogens is 1. The average Bonchev–Trinajstić information content (AvgIpc) is 3.35. The molecule has 2 aromatic heterocycles. The van der Waals surface area contributed by atoms with E-state index in [1.807, 2.05) is 30.3 Å². The maximum atomic E-state index is 14.7. The number of allylic oxidation sites excluding steroid dienone is 1. The summed E-state index contributed by atoms with van der Waals surface area (Å²) in [6, 6.07) is 16.3. The predicted octanol–water partition coefficient (Wildman–Crippen LogP) is 4.62. The monoisotopic (exact) mass is 541 g/mol. The van der Waals surface area contributed by atoms with Crippen molar-refractivity contribution in [2.24, 2.45) is 0 Å². The van der Waals surface area contributed by atoms with Crippen LogP contribution >= 0.6 is 12.2 Å². The number of benzene rings is 2. The normalized spacial score (nSPS) is 12.4. The molecule has 39 heavy (non-hydrogen) atoms. The van der Waals surface area contributed by atoms with Crippen LogP contribution < -0.4 is 21.7 Å². The lowest BCUT2D eigenvalue weighted by Crippen LogP contribution is -2.23. The Bertz CT molecular complexity index is 1660. The fourth-order valence-electron chi connectivity index (χ4n) is 3.82. The number of nitrogens with one attached hydrogen (secondary N) is 1. The van der Waals surface area contributed by atoms with E-state index in [0.717, 1.165) is 22.8 Å². The fraction of sp³-hybridized carbons (Fsp3) is 0.0645. The summed E-state index contributed by atoms with van der Waals surface area (Å²) in [5.41, 5.74) is 9.15. The number of rotatable bonds is 9. The number of carbonyl (C=O) groups is 1. The third kappa shape index (κ3) is 7.21. The van der Waals surface area contributed by atoms with E-state index in [1.54, 1.807) is 35.8 Å². The van der Waals surface area contributed by atoms with E-state index < -0.39 is 11.6 Å². The number of nitrogen functional groups attached to an aromatic ring is 1. The van der Waals surface area contributed by atoms with Crippen molar-refractivity contribution < 1.29 is 18.0 Å². The maximum Gasteiger partial charge on any atom is 0.244 e. The second kappa shape index (κ2) is 12.7. The van der Waals surface area contributed by atoms with Crippen molar-refractivity contribution in [3.63, 3.8) is 0 Å². The quantitative estimate of drug-likeness (QED) is 0.239. The molecule has 196 valence electrons. The molecule has 0 saturated carbocycles. The molecule has 0 bridgehead atoms. The molecule has 0 aliphatic carbocycles. The Morgan fingerprint density at radius 2 is 1.85 bits per heavy atom. The molecular formula is C31H25F2N3O2S. The van der Waals surface area contributed by atoms with E-state index in [4.69, 9.17) is 22.4 Å². The van der Waals surface area contributed by atoms with E-state index in [2.05, 4.69) is 16.9 Å². The average molecular weight is 542 g/mol. The summed E-state index contributed by atoms with van der Waals surface area (Å²) < 4.78 is 34.3. The Kier molecular flexibility index (Phi) is 8.91. The van der Waals surface area contributed by atoms with Crippen LogP contribution in [0.3, 0.4) is 0 Å². The van der Waals surface area contributed by atoms with Crippen molar-refractivity contribution in [1.29, 1.82) is 0 Å². The van der Waals surface area contributed by atoms with Crippen LogP contribution in [0.25, 0.3) is 17.7 Å². The summed E-state index contributed by atoms with van der Waals surface area (Å²) in [5, 5.41) is 5.06. The minimum absolute atomic E-state index is 0.0870. The Hall–Kier alpha value is -4.69. The van der Waals surface area contributed by atoms with Gasteiger partial charge in [0.15, 0.2) is 0 Å². The van der Waals surface area contributed by atoms with Gasteiger partial charge in [-0.2, -0.15) is 0 Å². The lowest BCUT2D eigenvalue weighted by atomic mass is 10.0. The molecule has 0 atom stereocenters. The molecule has 0 fully saturated rings. The van der Waals surface area contributed by atoms with E-state index in [9.17, 15) is 13.6 Å². The van der Waals surface area contributed by atoms with Crippen LogP contribution in [0, 0.1) is 11.6 Å². The Morgan fingerprint density at radius 3 is 2.51 bits per heavy atom. The second-order valence-electron chi connectivity index (χ2n) is 8.57. The fourth-order valence-corrected chi connectivity index (χ4v) is 3.98. The summed E-state index contributed by atoms with van der Waals surface area (Å²) in [6.07, 6.45) is 8.52. The third-order valence-electron chi connectivity index (χ3n) is 5.83. The smallest absolute Gasteiger partial charge is 0.244 e. The largest absolute Gasteiger partial charge is 0.459 e. The zero-order valence-electron chi connectivity index (χ0n) is 20.9. The van der Waals surface area contributed by atoms with Gasteiger partial charge < -0.3 is 15.5 Å². The molecule has 0 aliphatic heterocycles. The third-order valence-corrected chi connectivity index (χ3v) is 6.10. The molecule has 0 saturated heterocycles. The first-order chi connectivity index (χ1) is 18.9. The van der Waals surface area contributed by atoms with Gasteiger partial charge in [-0.3, -0.25) is 4.79 Å². The first kappa shape index (κ1) is 27.3. The number of nitrogens with two attached hydrogens (primary N) is 1. The van der Waals surface area contributed by atoms with Gasteiger partial charge in [0.1, 0.15) is 28.6 Å². The van der Waals surface area contributed by atoms with E-state index in [0.29, 0.717) is 34.2 Å². The molecule has 4 rings (SSSR count). The highest BCUT2D eigenvalue weighted by Crippen LogP contribution is 2.18. The highest BCUT2D eigenvalue weighted by atomic mass is 32.1. The van der Waals surface area contributed by atoms with Gasteiger partial charge >= 0.3 is 0 Å². The molecule has 0 unspecified atom stereocenters. The van der Waals surface area contributed by atoms with Crippen molar-refractivity contribution in [2.45, 2.75) is 13.0 Å². The number of halogens is 2. The molecule has 2 heterocycles. The molecule has 5 nitrogen and oxygen atoms in total. The van der Waals surface area contributed by atoms with E-state index in [-0.39, 0.29) is 18.0 Å². The summed E-state index contributed by atoms with van der Waals surface area (Å²) in [4.78, 5) is 16.4. The number of pyridine rings is 1. The first-order valence-corrected chi connectivity index (χ1v) is 12.5. The van der Waals surface area contributed by atoms with Gasteiger partial charge in [0, 0.05) is 40.1 Å². The summed E-state index contributed by atoms with van der Waals surface area (Å²) in [6.45, 7) is 3.91. The number of amides is 1. The molecule has 4 aromatic rings. The van der Waals surface area contributed by atoms with Crippen LogP contribution in [0.4, 0.5) is 14.6 Å². The predicted molar refractivity (Wildman–Crippen MR) is 154 cm³/mol. The van der Waals surface area contributed by atoms with Gasteiger partial charge in [0.25, 0.3) is 0 Å². The topological polar surface area (TPSA) is 81.2 Å². The number of thiocarbonyl (C=S) groups is 1. The lowest BCUT2D eigenvalue weighted by molar-refractivity contribution is -0.116. The molecule has 0 radical (unpaired) electrons. The summed E-state index contributed by atoms with van der Waals surface area (Å²) >= 11 is 4.97. The highest BCUT2D eigenvalue weighted by molar-refractivity contribution is 7.79. The van der Waals surface area contributed by atoms with Gasteiger partial charge in [-0.05, 0) is 59.5 Å². The van der Waals surface area contributed by atoms with Gasteiger partial charge in [-0.25, -0.2) is 13.8 Å². The number of nitrogens with zero attached hydrogens (tertiary/aromatic N) is 1. The molecule has 2 aromatic carbocycles. The molecule has 0 spiro atoms. The van der Waals surface area contributed by atoms with Crippen LogP contribution in [0.1, 0.15) is 28.0 Å². The minimum atomic E-state index is -0.736. The van der Waals surface area contributed by atoms with Crippen molar-refractivity contribution in [3.8, 4) is 0 Å². The molecule has 3 N–H and O–H groups in total. The van der Waals surface area contributed by atoms with E-state index >= 15 is 0 Å². The van der Waals surface area contributed by atoms with Crippen LogP contribution in [-0.2, 0) is 17.8 Å². The molecular weight excluding hydrogens is 516 g/mol. The van der Waals surface area contributed by atoms with Crippen molar-refractivity contribution in [3.05, 3.63) is 136 Å². The van der Waals surface area contributed by atoms with Crippen molar-refractivity contribution >= 4 is 47.0 Å². The van der Waals surface area contributed by atoms with Crippen molar-refractivity contribution in [1.82, 2.24) is 10.3 Å². The summed E-state index contributed by atoms with van der Waals surface area (Å²) in [5.74, 6) is -0.922. The Labute approximate surface area is 229 Å². The minimum Gasteiger partial charge on any atom is -0.459 e. The van der Waals surface area contributed by atoms with Gasteiger partial charge in [-0.15, -0.1) is 0 Å². The molecule has 1 amide bonds. The summed E-state index contributed by atoms with van der Waals surface area (Å²) in [7, 11) is 0. The molecule has 0 aliphatic rings. The first-order valence-electron chi connectivity index (χ1n) is 12.0. The van der Waals surface area contributed by atoms with Crippen LogP contribution in [-0.4, -0.2) is 16.3 Å². The van der Waals surface area contributed by atoms with Crippen LogP contribution in [0.15, 0.2) is 90.0 Å². The molecule has 8 heteroatoms. The lowest BCUT2D eigenvalue weighted by Gasteiger charge is -2.03. The van der Waals surface area contributed by atoms with Crippen LogP contribution in [0.5, 0.6) is 0 Å². The number of hydrogen-bond acceptors (Lipinski definition) is 5. The van der Waals surface area contributed by atoms with Crippen molar-refractivity contribution in [2.75, 3.05) is 5.73 Å². The zero-order chi connectivity index (χ0) is 27.8. The number of furan rings is 1. The van der Waals surface area contributed by atoms with Gasteiger partial charge in [0.05, 0.1) is 6.54 Å². The van der Waals surface area contributed by atoms with Gasteiger partial charge in [0.2, 0.25) is 5.91 Å². The van der Waals surface area contributed by atoms with Crippen LogP contribution in [0.2, 0.25) is 0 Å². The number of hydrogen-bond donors (Lipinski definition) is 2. The maximum absolute atomic E-state index is 14.7. The van der Waals surface area contributed by atoms with Gasteiger partial charge in [-0.1, -0.05) is 55.2 Å². The standard InChI is InChI=1S/C31H25F2N3O2S/c1-2-26(27-12-11-24(32)16-28(27)33)31-23(10-7-20-3-5-22(19-39)6-4-20)15-25(38-31)18-36-30(37)14-9-21-8-13-29(34)35-17-21/h2-6,8-17,19H,1,7,18H2,(H2,34,35)(H,36,37)/b14-9+,23-10-,31-26-. The zero-order valence-corrected chi connectivity index (χ0v) is 21.7. The second-order valence-corrected chi connectivity index (χ2v) is 8.81. The Morgan fingerprint density at radius 1 is 1.08 bits per heavy atom. The van der Waals surface area contributed by atoms with E-state index in [1.165, 1.54) is 24.3 Å². The number of anilines is 1. The highest BCUT2D eigenvalue weighted by Gasteiger charge is 2.12. The Balaban J connectivity index is 1.66.